The Balaban J connectivity index is 1.82. The molecule has 0 radical (unpaired) electrons. The molecule has 0 spiro atoms. The molecule has 1 unspecified atom stereocenters. The molecule has 2 rings (SSSR count). The molecule has 5 nitrogen and oxygen atoms in total. The number of carbonyl (C=O) groups excluding carboxylic acids is 2. The Morgan fingerprint density at radius 1 is 1.29 bits per heavy atom. The van der Waals surface area contributed by atoms with Crippen molar-refractivity contribution in [3.63, 3.8) is 0 Å². The molecule has 1 aromatic heterocycles. The average molecular weight is 303 g/mol. The molecule has 0 aliphatic carbocycles. The highest BCUT2D eigenvalue weighted by Gasteiger charge is 2.14. The second-order valence-corrected chi connectivity index (χ2v) is 5.64. The SMILES string of the molecule is Cc1csc(NC(=O)CC(C)NC(=O)c2ccccc2)n1. The van der Waals surface area contributed by atoms with E-state index in [9.17, 15) is 9.59 Å². The Morgan fingerprint density at radius 3 is 2.62 bits per heavy atom. The van der Waals surface area contributed by atoms with Crippen molar-refractivity contribution in [1.29, 1.82) is 0 Å². The largest absolute Gasteiger partial charge is 0.349 e. The van der Waals surface area contributed by atoms with Gasteiger partial charge in [-0.3, -0.25) is 9.59 Å². The van der Waals surface area contributed by atoms with Crippen molar-refractivity contribution in [2.24, 2.45) is 0 Å². The molecular weight excluding hydrogens is 286 g/mol. The smallest absolute Gasteiger partial charge is 0.251 e. The van der Waals surface area contributed by atoms with Crippen molar-refractivity contribution in [3.05, 3.63) is 47.0 Å². The van der Waals surface area contributed by atoms with Crippen LogP contribution in [0.25, 0.3) is 0 Å². The van der Waals surface area contributed by atoms with Gasteiger partial charge in [0.25, 0.3) is 5.91 Å². The molecule has 0 saturated carbocycles. The van der Waals surface area contributed by atoms with Crippen LogP contribution in [-0.4, -0.2) is 22.8 Å². The van der Waals surface area contributed by atoms with Crippen LogP contribution in [0.15, 0.2) is 35.7 Å². The zero-order valence-electron chi connectivity index (χ0n) is 11.9. The van der Waals surface area contributed by atoms with E-state index >= 15 is 0 Å². The number of hydrogen-bond donors (Lipinski definition) is 2. The van der Waals surface area contributed by atoms with Crippen LogP contribution in [-0.2, 0) is 4.79 Å². The highest BCUT2D eigenvalue weighted by atomic mass is 32.1. The summed E-state index contributed by atoms with van der Waals surface area (Å²) < 4.78 is 0. The van der Waals surface area contributed by atoms with E-state index in [1.807, 2.05) is 18.4 Å². The lowest BCUT2D eigenvalue weighted by atomic mass is 10.1. The van der Waals surface area contributed by atoms with Gasteiger partial charge in [-0.05, 0) is 26.0 Å². The highest BCUT2D eigenvalue weighted by molar-refractivity contribution is 7.13. The fourth-order valence-electron chi connectivity index (χ4n) is 1.81. The van der Waals surface area contributed by atoms with E-state index in [0.29, 0.717) is 10.7 Å². The quantitative estimate of drug-likeness (QED) is 0.892. The fourth-order valence-corrected chi connectivity index (χ4v) is 2.51. The van der Waals surface area contributed by atoms with E-state index in [1.54, 1.807) is 31.2 Å². The molecule has 2 aromatic rings. The summed E-state index contributed by atoms with van der Waals surface area (Å²) in [5.74, 6) is -0.341. The van der Waals surface area contributed by atoms with Crippen LogP contribution in [0.5, 0.6) is 0 Å². The summed E-state index contributed by atoms with van der Waals surface area (Å²) >= 11 is 1.39. The second kappa shape index (κ2) is 6.99. The Labute approximate surface area is 127 Å². The van der Waals surface area contributed by atoms with E-state index < -0.39 is 0 Å². The summed E-state index contributed by atoms with van der Waals surface area (Å²) in [4.78, 5) is 28.0. The minimum absolute atomic E-state index is 0.162. The zero-order chi connectivity index (χ0) is 15.2. The van der Waals surface area contributed by atoms with Gasteiger partial charge in [0.1, 0.15) is 0 Å². The predicted octanol–water partition coefficient (Wildman–Crippen LogP) is 2.60. The van der Waals surface area contributed by atoms with Crippen LogP contribution in [0, 0.1) is 6.92 Å². The molecule has 110 valence electrons. The number of aromatic nitrogens is 1. The molecule has 0 aliphatic heterocycles. The standard InChI is InChI=1S/C15H17N3O2S/c1-10(16-14(20)12-6-4-3-5-7-12)8-13(19)18-15-17-11(2)9-21-15/h3-7,9-10H,8H2,1-2H3,(H,16,20)(H,17,18,19). The van der Waals surface area contributed by atoms with Crippen LogP contribution < -0.4 is 10.6 Å². The van der Waals surface area contributed by atoms with E-state index in [0.717, 1.165) is 5.69 Å². The number of rotatable bonds is 5. The lowest BCUT2D eigenvalue weighted by Crippen LogP contribution is -2.35. The van der Waals surface area contributed by atoms with E-state index in [-0.39, 0.29) is 24.3 Å². The van der Waals surface area contributed by atoms with Gasteiger partial charge in [0.15, 0.2) is 5.13 Å². The third-order valence-electron chi connectivity index (χ3n) is 2.77. The van der Waals surface area contributed by atoms with Crippen LogP contribution >= 0.6 is 11.3 Å². The third-order valence-corrected chi connectivity index (χ3v) is 3.65. The predicted molar refractivity (Wildman–Crippen MR) is 83.5 cm³/mol. The zero-order valence-corrected chi connectivity index (χ0v) is 12.7. The number of hydrogen-bond acceptors (Lipinski definition) is 4. The molecule has 0 saturated heterocycles. The monoisotopic (exact) mass is 303 g/mol. The van der Waals surface area contributed by atoms with Gasteiger partial charge in [0.2, 0.25) is 5.91 Å². The number of carbonyl (C=O) groups is 2. The van der Waals surface area contributed by atoms with Gasteiger partial charge in [-0.2, -0.15) is 0 Å². The minimum atomic E-state index is -0.251. The van der Waals surface area contributed by atoms with Gasteiger partial charge in [0, 0.05) is 23.4 Å². The lowest BCUT2D eigenvalue weighted by Gasteiger charge is -2.13. The molecule has 1 aromatic carbocycles. The summed E-state index contributed by atoms with van der Waals surface area (Å²) in [6, 6.07) is 8.68. The summed E-state index contributed by atoms with van der Waals surface area (Å²) in [5, 5.41) is 7.98. The van der Waals surface area contributed by atoms with Crippen molar-refractivity contribution >= 4 is 28.3 Å². The van der Waals surface area contributed by atoms with Gasteiger partial charge in [0.05, 0.1) is 5.69 Å². The number of thiazole rings is 1. The Hall–Kier alpha value is -2.21. The normalized spacial score (nSPS) is 11.7. The molecule has 1 heterocycles. The van der Waals surface area contributed by atoms with Crippen molar-refractivity contribution < 1.29 is 9.59 Å². The maximum atomic E-state index is 11.9. The van der Waals surface area contributed by atoms with E-state index in [2.05, 4.69) is 15.6 Å². The first kappa shape index (κ1) is 15.2. The number of anilines is 1. The summed E-state index contributed by atoms with van der Waals surface area (Å²) in [7, 11) is 0. The summed E-state index contributed by atoms with van der Waals surface area (Å²) in [5.41, 5.74) is 1.46. The van der Waals surface area contributed by atoms with Crippen molar-refractivity contribution in [1.82, 2.24) is 10.3 Å². The fraction of sp³-hybridized carbons (Fsp3) is 0.267. The van der Waals surface area contributed by atoms with Crippen LogP contribution in [0.2, 0.25) is 0 Å². The van der Waals surface area contributed by atoms with Gasteiger partial charge in [-0.15, -0.1) is 11.3 Å². The maximum absolute atomic E-state index is 11.9. The Kier molecular flexibility index (Phi) is 5.05. The molecule has 0 aliphatic rings. The average Bonchev–Trinajstić information content (AvgIpc) is 2.84. The molecule has 0 bridgehead atoms. The van der Waals surface area contributed by atoms with E-state index in [1.165, 1.54) is 11.3 Å². The lowest BCUT2D eigenvalue weighted by molar-refractivity contribution is -0.116. The van der Waals surface area contributed by atoms with Gasteiger partial charge in [-0.25, -0.2) is 4.98 Å². The number of benzene rings is 1. The summed E-state index contributed by atoms with van der Waals surface area (Å²) in [6.07, 6.45) is 0.206. The van der Waals surface area contributed by atoms with Gasteiger partial charge in [-0.1, -0.05) is 18.2 Å². The summed E-state index contributed by atoms with van der Waals surface area (Å²) in [6.45, 7) is 3.67. The number of amides is 2. The number of nitrogens with one attached hydrogen (secondary N) is 2. The van der Waals surface area contributed by atoms with Crippen LogP contribution in [0.3, 0.4) is 0 Å². The van der Waals surface area contributed by atoms with Crippen molar-refractivity contribution in [2.45, 2.75) is 26.3 Å². The molecule has 21 heavy (non-hydrogen) atoms. The first-order valence-electron chi connectivity index (χ1n) is 6.62. The van der Waals surface area contributed by atoms with Crippen LogP contribution in [0.1, 0.15) is 29.4 Å². The molecule has 1 atom stereocenters. The Bertz CT molecular complexity index is 625. The first-order chi connectivity index (χ1) is 10.0. The molecular formula is C15H17N3O2S. The third kappa shape index (κ3) is 4.68. The van der Waals surface area contributed by atoms with Crippen molar-refractivity contribution in [3.8, 4) is 0 Å². The first-order valence-corrected chi connectivity index (χ1v) is 7.50. The topological polar surface area (TPSA) is 71.1 Å². The number of aryl methyl sites for hydroxylation is 1. The van der Waals surface area contributed by atoms with Gasteiger partial charge >= 0.3 is 0 Å². The van der Waals surface area contributed by atoms with Crippen LogP contribution in [0.4, 0.5) is 5.13 Å². The Morgan fingerprint density at radius 2 is 2.00 bits per heavy atom. The second-order valence-electron chi connectivity index (χ2n) is 4.79. The molecule has 2 N–H and O–H groups in total. The van der Waals surface area contributed by atoms with Crippen molar-refractivity contribution in [2.75, 3.05) is 5.32 Å². The molecule has 2 amide bonds. The molecule has 6 heteroatoms. The molecule has 0 fully saturated rings. The minimum Gasteiger partial charge on any atom is -0.349 e. The maximum Gasteiger partial charge on any atom is 0.251 e. The highest BCUT2D eigenvalue weighted by Crippen LogP contribution is 2.14. The van der Waals surface area contributed by atoms with E-state index in [4.69, 9.17) is 0 Å². The number of nitrogens with zero attached hydrogens (tertiary/aromatic N) is 1. The van der Waals surface area contributed by atoms with Gasteiger partial charge < -0.3 is 10.6 Å².